The van der Waals surface area contributed by atoms with E-state index in [0.29, 0.717) is 34.2 Å². The van der Waals surface area contributed by atoms with Crippen LogP contribution in [0.2, 0.25) is 0 Å². The molecule has 3 aromatic rings. The molecule has 0 bridgehead atoms. The average molecular weight is 310 g/mol. The van der Waals surface area contributed by atoms with E-state index >= 15 is 0 Å². The first-order valence-corrected chi connectivity index (χ1v) is 7.73. The van der Waals surface area contributed by atoms with Gasteiger partial charge in [-0.25, -0.2) is 4.98 Å². The Hall–Kier alpha value is -2.69. The molecule has 0 aliphatic heterocycles. The number of amides is 1. The van der Waals surface area contributed by atoms with Crippen LogP contribution in [0, 0.1) is 6.92 Å². The van der Waals surface area contributed by atoms with E-state index in [1.807, 2.05) is 0 Å². The minimum atomic E-state index is -0.210. The number of nitrogens with zero attached hydrogens (tertiary/aromatic N) is 1. The van der Waals surface area contributed by atoms with Gasteiger partial charge in [0.15, 0.2) is 0 Å². The van der Waals surface area contributed by atoms with Gasteiger partial charge in [0.05, 0.1) is 22.0 Å². The average Bonchev–Trinajstić information content (AvgIpc) is 2.54. The Morgan fingerprint density at radius 2 is 2.04 bits per heavy atom. The van der Waals surface area contributed by atoms with Crippen molar-refractivity contribution in [3.63, 3.8) is 0 Å². The largest absolute Gasteiger partial charge is 0.437 e. The molecule has 0 aliphatic carbocycles. The summed E-state index contributed by atoms with van der Waals surface area (Å²) in [7, 11) is 0. The molecule has 0 fully saturated rings. The Bertz CT molecular complexity index is 944. The van der Waals surface area contributed by atoms with Crippen LogP contribution in [-0.4, -0.2) is 17.4 Å². The summed E-state index contributed by atoms with van der Waals surface area (Å²) in [5.41, 5.74) is 1.55. The van der Waals surface area contributed by atoms with E-state index in [0.717, 1.165) is 12.8 Å². The topological polar surface area (TPSA) is 72.2 Å². The molecule has 23 heavy (non-hydrogen) atoms. The lowest BCUT2D eigenvalue weighted by Crippen LogP contribution is -2.25. The number of aromatic nitrogens is 1. The van der Waals surface area contributed by atoms with Gasteiger partial charge in [-0.1, -0.05) is 25.5 Å². The molecule has 0 radical (unpaired) electrons. The maximum atomic E-state index is 12.6. The number of rotatable bonds is 4. The lowest BCUT2D eigenvalue weighted by Gasteiger charge is -2.08. The van der Waals surface area contributed by atoms with Gasteiger partial charge < -0.3 is 9.73 Å². The van der Waals surface area contributed by atoms with Crippen LogP contribution in [0.5, 0.6) is 0 Å². The summed E-state index contributed by atoms with van der Waals surface area (Å²) >= 11 is 0. The normalized spacial score (nSPS) is 11.0. The summed E-state index contributed by atoms with van der Waals surface area (Å²) in [6.45, 7) is 4.41. The summed E-state index contributed by atoms with van der Waals surface area (Å²) in [6.07, 6.45) is 1.92. The quantitative estimate of drug-likeness (QED) is 0.593. The molecule has 0 spiro atoms. The fourth-order valence-electron chi connectivity index (χ4n) is 2.52. The number of benzene rings is 1. The summed E-state index contributed by atoms with van der Waals surface area (Å²) in [5.74, 6) is -0.210. The van der Waals surface area contributed by atoms with Gasteiger partial charge in [-0.15, -0.1) is 0 Å². The molecule has 3 rings (SSSR count). The molecule has 5 nitrogen and oxygen atoms in total. The number of para-hydroxylation sites is 1. The zero-order chi connectivity index (χ0) is 16.4. The number of nitrogens with one attached hydrogen (secondary N) is 1. The maximum absolute atomic E-state index is 12.6. The van der Waals surface area contributed by atoms with Crippen molar-refractivity contribution in [1.82, 2.24) is 10.3 Å². The number of carbonyl (C=O) groups excluding carboxylic acids is 1. The van der Waals surface area contributed by atoms with E-state index in [9.17, 15) is 9.59 Å². The third-order valence-electron chi connectivity index (χ3n) is 3.82. The van der Waals surface area contributed by atoms with E-state index < -0.39 is 0 Å². The smallest absolute Gasteiger partial charge is 0.253 e. The van der Waals surface area contributed by atoms with Crippen LogP contribution in [0.3, 0.4) is 0 Å². The Labute approximate surface area is 133 Å². The van der Waals surface area contributed by atoms with Crippen molar-refractivity contribution in [2.45, 2.75) is 26.7 Å². The molecule has 1 aromatic carbocycles. The van der Waals surface area contributed by atoms with Crippen molar-refractivity contribution in [1.29, 1.82) is 0 Å². The van der Waals surface area contributed by atoms with Gasteiger partial charge in [0.25, 0.3) is 5.91 Å². The van der Waals surface area contributed by atoms with Gasteiger partial charge in [-0.2, -0.15) is 0 Å². The van der Waals surface area contributed by atoms with Crippen molar-refractivity contribution in [3.05, 3.63) is 51.8 Å². The molecule has 0 unspecified atom stereocenters. The highest BCUT2D eigenvalue weighted by Gasteiger charge is 2.15. The molecule has 0 aliphatic rings. The number of pyridine rings is 1. The molecular weight excluding hydrogens is 292 g/mol. The second-order valence-corrected chi connectivity index (χ2v) is 5.51. The molecule has 0 saturated heterocycles. The van der Waals surface area contributed by atoms with Crippen LogP contribution in [0.15, 0.2) is 39.5 Å². The first-order valence-electron chi connectivity index (χ1n) is 7.73. The van der Waals surface area contributed by atoms with Gasteiger partial charge in [-0.3, -0.25) is 9.59 Å². The van der Waals surface area contributed by atoms with E-state index in [2.05, 4.69) is 17.2 Å². The van der Waals surface area contributed by atoms with Gasteiger partial charge in [0.2, 0.25) is 11.1 Å². The number of unbranched alkanes of at least 4 members (excludes halogenated alkanes) is 1. The molecule has 0 atom stereocenters. The number of aryl methyl sites for hydroxylation is 1. The monoisotopic (exact) mass is 310 g/mol. The molecule has 1 amide bonds. The minimum Gasteiger partial charge on any atom is -0.437 e. The van der Waals surface area contributed by atoms with E-state index in [1.54, 1.807) is 37.3 Å². The Kier molecular flexibility index (Phi) is 4.10. The molecule has 118 valence electrons. The SMILES string of the molecule is CCCCNC(=O)c1cc2c(=O)c3ccccc3oc2nc1C. The van der Waals surface area contributed by atoms with Crippen LogP contribution < -0.4 is 10.7 Å². The van der Waals surface area contributed by atoms with E-state index in [4.69, 9.17) is 4.42 Å². The Morgan fingerprint density at radius 3 is 2.83 bits per heavy atom. The zero-order valence-electron chi connectivity index (χ0n) is 13.2. The van der Waals surface area contributed by atoms with Crippen molar-refractivity contribution < 1.29 is 9.21 Å². The van der Waals surface area contributed by atoms with Crippen molar-refractivity contribution in [2.24, 2.45) is 0 Å². The second-order valence-electron chi connectivity index (χ2n) is 5.51. The van der Waals surface area contributed by atoms with Gasteiger partial charge >= 0.3 is 0 Å². The van der Waals surface area contributed by atoms with E-state index in [1.165, 1.54) is 0 Å². The van der Waals surface area contributed by atoms with Crippen LogP contribution >= 0.6 is 0 Å². The van der Waals surface area contributed by atoms with Gasteiger partial charge in [0.1, 0.15) is 5.58 Å². The highest BCUT2D eigenvalue weighted by atomic mass is 16.3. The first kappa shape index (κ1) is 15.2. The zero-order valence-corrected chi connectivity index (χ0v) is 13.2. The summed E-state index contributed by atoms with van der Waals surface area (Å²) in [4.78, 5) is 29.2. The predicted molar refractivity (Wildman–Crippen MR) is 89.8 cm³/mol. The molecule has 0 saturated carbocycles. The molecule has 2 aromatic heterocycles. The summed E-state index contributed by atoms with van der Waals surface area (Å²) < 4.78 is 5.70. The van der Waals surface area contributed by atoms with Crippen molar-refractivity contribution in [3.8, 4) is 0 Å². The fourth-order valence-corrected chi connectivity index (χ4v) is 2.52. The molecule has 1 N–H and O–H groups in total. The first-order chi connectivity index (χ1) is 11.1. The highest BCUT2D eigenvalue weighted by molar-refractivity contribution is 5.99. The third kappa shape index (κ3) is 2.82. The third-order valence-corrected chi connectivity index (χ3v) is 3.82. The summed E-state index contributed by atoms with van der Waals surface area (Å²) in [6, 6.07) is 8.61. The van der Waals surface area contributed by atoms with Crippen LogP contribution in [0.1, 0.15) is 35.8 Å². The van der Waals surface area contributed by atoms with Crippen LogP contribution in [0.4, 0.5) is 0 Å². The number of carbonyl (C=O) groups is 1. The van der Waals surface area contributed by atoms with E-state index in [-0.39, 0.29) is 17.0 Å². The second kappa shape index (κ2) is 6.20. The van der Waals surface area contributed by atoms with Crippen molar-refractivity contribution in [2.75, 3.05) is 6.54 Å². The minimum absolute atomic E-state index is 0.169. The predicted octanol–water partition coefficient (Wildman–Crippen LogP) is 3.18. The highest BCUT2D eigenvalue weighted by Crippen LogP contribution is 2.19. The van der Waals surface area contributed by atoms with Crippen LogP contribution in [-0.2, 0) is 0 Å². The molecular formula is C18H18N2O3. The molecule has 2 heterocycles. The lowest BCUT2D eigenvalue weighted by atomic mass is 10.1. The Morgan fingerprint density at radius 1 is 1.26 bits per heavy atom. The summed E-state index contributed by atoms with van der Waals surface area (Å²) in [5, 5.41) is 3.67. The number of hydrogen-bond donors (Lipinski definition) is 1. The number of hydrogen-bond acceptors (Lipinski definition) is 4. The van der Waals surface area contributed by atoms with Gasteiger partial charge in [-0.05, 0) is 31.5 Å². The lowest BCUT2D eigenvalue weighted by molar-refractivity contribution is 0.0952. The number of fused-ring (bicyclic) bond motifs is 2. The maximum Gasteiger partial charge on any atom is 0.253 e. The van der Waals surface area contributed by atoms with Crippen molar-refractivity contribution >= 4 is 28.0 Å². The van der Waals surface area contributed by atoms with Gasteiger partial charge in [0, 0.05) is 6.54 Å². The Balaban J connectivity index is 2.13. The molecule has 5 heteroatoms. The van der Waals surface area contributed by atoms with Crippen LogP contribution in [0.25, 0.3) is 22.1 Å². The standard InChI is InChI=1S/C18H18N2O3/c1-3-4-9-19-17(22)13-10-14-16(21)12-7-5-6-8-15(12)23-18(14)20-11(13)2/h5-8,10H,3-4,9H2,1-2H3,(H,19,22). The fraction of sp³-hybridized carbons (Fsp3) is 0.278.